The molecule has 2 heterocycles. The number of hydrogen-bond acceptors (Lipinski definition) is 2. The van der Waals surface area contributed by atoms with Gasteiger partial charge in [0, 0.05) is 21.9 Å². The highest BCUT2D eigenvalue weighted by Crippen LogP contribution is 2.54. The van der Waals surface area contributed by atoms with Gasteiger partial charge < -0.3 is 9.47 Å². The topological polar surface area (TPSA) is 18.5 Å². The minimum atomic E-state index is 0.895. The molecule has 2 aliphatic heterocycles. The highest BCUT2D eigenvalue weighted by Gasteiger charge is 2.27. The van der Waals surface area contributed by atoms with Crippen molar-refractivity contribution >= 4 is 53.9 Å². The molecule has 0 amide bonds. The van der Waals surface area contributed by atoms with Crippen molar-refractivity contribution < 1.29 is 9.47 Å². The van der Waals surface area contributed by atoms with E-state index in [0.29, 0.717) is 0 Å². The Balaban J connectivity index is 1.12. The van der Waals surface area contributed by atoms with Crippen LogP contribution in [0.3, 0.4) is 0 Å². The molecule has 0 fully saturated rings. The van der Waals surface area contributed by atoms with Gasteiger partial charge in [-0.3, -0.25) is 0 Å². The molecule has 2 nitrogen and oxygen atoms in total. The van der Waals surface area contributed by atoms with Gasteiger partial charge in [0.1, 0.15) is 23.0 Å². The second kappa shape index (κ2) is 12.7. The zero-order valence-electron chi connectivity index (χ0n) is 33.4. The van der Waals surface area contributed by atoms with Crippen molar-refractivity contribution in [3.05, 3.63) is 206 Å². The largest absolute Gasteiger partial charge is 0.456 e. The van der Waals surface area contributed by atoms with E-state index in [0.717, 1.165) is 44.9 Å². The maximum atomic E-state index is 6.59. The molecular formula is C60H34O2. The average molecular weight is 787 g/mol. The first-order valence-corrected chi connectivity index (χ1v) is 21.3. The lowest BCUT2D eigenvalue weighted by molar-refractivity contribution is 0.487. The Labute approximate surface area is 357 Å². The Morgan fingerprint density at radius 1 is 0.194 bits per heavy atom. The molecule has 0 bridgehead atoms. The molecule has 12 aromatic carbocycles. The molecule has 2 aliphatic rings. The van der Waals surface area contributed by atoms with E-state index in [1.165, 1.54) is 98.7 Å². The Bertz CT molecular complexity index is 3640. The first-order chi connectivity index (χ1) is 30.8. The molecular weight excluding hydrogens is 753 g/mol. The first kappa shape index (κ1) is 33.6. The predicted octanol–water partition coefficient (Wildman–Crippen LogP) is 17.1. The Kier molecular flexibility index (Phi) is 6.86. The summed E-state index contributed by atoms with van der Waals surface area (Å²) in [5.74, 6) is 3.58. The summed E-state index contributed by atoms with van der Waals surface area (Å²) in [7, 11) is 0. The van der Waals surface area contributed by atoms with Gasteiger partial charge in [0.15, 0.2) is 0 Å². The first-order valence-electron chi connectivity index (χ1n) is 21.3. The van der Waals surface area contributed by atoms with Crippen LogP contribution < -0.4 is 9.47 Å². The lowest BCUT2D eigenvalue weighted by atomic mass is 9.80. The van der Waals surface area contributed by atoms with Crippen LogP contribution >= 0.6 is 0 Å². The third-order valence-corrected chi connectivity index (χ3v) is 13.4. The van der Waals surface area contributed by atoms with E-state index in [9.17, 15) is 0 Å². The van der Waals surface area contributed by atoms with Gasteiger partial charge >= 0.3 is 0 Å². The summed E-state index contributed by atoms with van der Waals surface area (Å²) in [5.41, 5.74) is 14.3. The Morgan fingerprint density at radius 2 is 0.565 bits per heavy atom. The zero-order chi connectivity index (χ0) is 40.5. The maximum absolute atomic E-state index is 6.59. The highest BCUT2D eigenvalue weighted by atomic mass is 16.5. The van der Waals surface area contributed by atoms with Crippen LogP contribution in [-0.4, -0.2) is 0 Å². The molecule has 0 saturated carbocycles. The molecule has 0 aromatic heterocycles. The molecule has 286 valence electrons. The van der Waals surface area contributed by atoms with E-state index < -0.39 is 0 Å². The van der Waals surface area contributed by atoms with Crippen LogP contribution in [0.2, 0.25) is 0 Å². The fraction of sp³-hybridized carbons (Fsp3) is 0. The number of hydrogen-bond donors (Lipinski definition) is 0. The standard InChI is InChI=1S/C60H34O2/c1-3-13-35(14-4-1)49-33-51(37-25-26-44-40-18-8-10-23-54(40)61-55-24-12-21-42(37)58(44)55)47-29-27-46-50(36-15-5-2-6-16-36)34-52(48-30-28-45(49)59(47)60(46)48)38-31-32-56-57-41(38)19-11-20-43(57)39-17-7-9-22-53(39)62-56/h1-34H. The third kappa shape index (κ3) is 4.64. The van der Waals surface area contributed by atoms with Gasteiger partial charge in [0.2, 0.25) is 0 Å². The van der Waals surface area contributed by atoms with Crippen molar-refractivity contribution in [2.24, 2.45) is 0 Å². The predicted molar refractivity (Wildman–Crippen MR) is 258 cm³/mol. The normalized spacial score (nSPS) is 12.5. The smallest absolute Gasteiger partial charge is 0.135 e. The van der Waals surface area contributed by atoms with Crippen LogP contribution in [0.4, 0.5) is 0 Å². The molecule has 2 heteroatoms. The summed E-state index contributed by atoms with van der Waals surface area (Å²) in [6.07, 6.45) is 0. The summed E-state index contributed by atoms with van der Waals surface area (Å²) in [4.78, 5) is 0. The van der Waals surface area contributed by atoms with Gasteiger partial charge in [0.25, 0.3) is 0 Å². The fourth-order valence-corrected chi connectivity index (χ4v) is 10.8. The highest BCUT2D eigenvalue weighted by molar-refractivity contribution is 6.33. The maximum Gasteiger partial charge on any atom is 0.135 e. The third-order valence-electron chi connectivity index (χ3n) is 13.4. The van der Waals surface area contributed by atoms with Crippen molar-refractivity contribution in [3.63, 3.8) is 0 Å². The van der Waals surface area contributed by atoms with Crippen LogP contribution in [0.5, 0.6) is 23.0 Å². The van der Waals surface area contributed by atoms with Gasteiger partial charge in [-0.2, -0.15) is 0 Å². The summed E-state index contributed by atoms with van der Waals surface area (Å²) < 4.78 is 13.2. The number of fused-ring (bicyclic) bond motifs is 4. The summed E-state index contributed by atoms with van der Waals surface area (Å²) in [5, 5.41) is 12.2. The van der Waals surface area contributed by atoms with Gasteiger partial charge in [-0.25, -0.2) is 0 Å². The molecule has 0 spiro atoms. The average Bonchev–Trinajstić information content (AvgIpc) is 3.34. The monoisotopic (exact) mass is 786 g/mol. The second-order valence-corrected chi connectivity index (χ2v) is 16.6. The Morgan fingerprint density at radius 3 is 1.11 bits per heavy atom. The molecule has 0 N–H and O–H groups in total. The minimum absolute atomic E-state index is 0.895. The van der Waals surface area contributed by atoms with Crippen molar-refractivity contribution in [1.82, 2.24) is 0 Å². The van der Waals surface area contributed by atoms with Crippen molar-refractivity contribution in [2.45, 2.75) is 0 Å². The van der Waals surface area contributed by atoms with Crippen molar-refractivity contribution in [1.29, 1.82) is 0 Å². The second-order valence-electron chi connectivity index (χ2n) is 16.6. The van der Waals surface area contributed by atoms with Crippen LogP contribution in [0.15, 0.2) is 206 Å². The van der Waals surface area contributed by atoms with E-state index in [1.54, 1.807) is 0 Å². The van der Waals surface area contributed by atoms with Crippen LogP contribution in [-0.2, 0) is 0 Å². The quantitative estimate of drug-likeness (QED) is 0.165. The zero-order valence-corrected chi connectivity index (χ0v) is 33.4. The fourth-order valence-electron chi connectivity index (χ4n) is 10.8. The van der Waals surface area contributed by atoms with Crippen LogP contribution in [0, 0.1) is 0 Å². The summed E-state index contributed by atoms with van der Waals surface area (Å²) in [6, 6.07) is 75.1. The van der Waals surface area contributed by atoms with Crippen molar-refractivity contribution in [2.75, 3.05) is 0 Å². The van der Waals surface area contributed by atoms with E-state index in [4.69, 9.17) is 9.47 Å². The SMILES string of the molecule is c1ccc(-c2cc(-c3ccc4c5c(cccc35)-c3ccccc3O4)c3ccc4c(-c5ccccc5)cc(-c5ccc6c7c(cccc57)Oc5ccccc5-6)c5ccc2c3c45)cc1. The molecule has 0 saturated heterocycles. The Hall–Kier alpha value is -8.20. The van der Waals surface area contributed by atoms with Gasteiger partial charge in [-0.05, 0) is 135 Å². The molecule has 0 radical (unpaired) electrons. The molecule has 0 unspecified atom stereocenters. The summed E-state index contributed by atoms with van der Waals surface area (Å²) in [6.45, 7) is 0. The van der Waals surface area contributed by atoms with E-state index in [-0.39, 0.29) is 0 Å². The minimum Gasteiger partial charge on any atom is -0.456 e. The van der Waals surface area contributed by atoms with Gasteiger partial charge in [-0.1, -0.05) is 170 Å². The molecule has 12 aromatic rings. The number of rotatable bonds is 4. The number of ether oxygens (including phenoxy) is 2. The van der Waals surface area contributed by atoms with E-state index >= 15 is 0 Å². The number of para-hydroxylation sites is 2. The van der Waals surface area contributed by atoms with Gasteiger partial charge in [-0.15, -0.1) is 0 Å². The number of benzene rings is 12. The lowest BCUT2D eigenvalue weighted by Crippen LogP contribution is -1.99. The van der Waals surface area contributed by atoms with Crippen molar-refractivity contribution in [3.8, 4) is 89.8 Å². The van der Waals surface area contributed by atoms with Crippen LogP contribution in [0.25, 0.3) is 121 Å². The molecule has 0 aliphatic carbocycles. The van der Waals surface area contributed by atoms with E-state index in [1.807, 2.05) is 12.1 Å². The molecule has 0 atom stereocenters. The lowest BCUT2D eigenvalue weighted by Gasteiger charge is -2.25. The summed E-state index contributed by atoms with van der Waals surface area (Å²) >= 11 is 0. The molecule has 62 heavy (non-hydrogen) atoms. The van der Waals surface area contributed by atoms with Gasteiger partial charge in [0.05, 0.1) is 0 Å². The molecule has 14 rings (SSSR count). The van der Waals surface area contributed by atoms with Crippen LogP contribution in [0.1, 0.15) is 0 Å². The van der Waals surface area contributed by atoms with E-state index in [2.05, 4.69) is 194 Å².